The van der Waals surface area contributed by atoms with Gasteiger partial charge in [-0.3, -0.25) is 0 Å². The number of hydrogen-bond donors (Lipinski definition) is 1. The van der Waals surface area contributed by atoms with Crippen LogP contribution in [0, 0.1) is 5.82 Å². The fourth-order valence-electron chi connectivity index (χ4n) is 3.68. The van der Waals surface area contributed by atoms with Crippen molar-refractivity contribution in [2.75, 3.05) is 6.61 Å². The molecule has 2 aliphatic rings. The third-order valence-electron chi connectivity index (χ3n) is 5.29. The van der Waals surface area contributed by atoms with Crippen LogP contribution in [0.5, 0.6) is 0 Å². The van der Waals surface area contributed by atoms with Crippen LogP contribution in [0.25, 0.3) is 0 Å². The van der Waals surface area contributed by atoms with E-state index in [1.807, 2.05) is 35.2 Å². The van der Waals surface area contributed by atoms with E-state index in [9.17, 15) is 9.18 Å². The van der Waals surface area contributed by atoms with E-state index in [0.29, 0.717) is 19.2 Å². The third kappa shape index (κ3) is 4.48. The normalized spacial score (nSPS) is 20.3. The Hall–Kier alpha value is -2.40. The Bertz CT molecular complexity index is 756. The van der Waals surface area contributed by atoms with Gasteiger partial charge in [-0.2, -0.15) is 0 Å². The number of ether oxygens (including phenoxy) is 1. The summed E-state index contributed by atoms with van der Waals surface area (Å²) in [5.74, 6) is -0.278. The van der Waals surface area contributed by atoms with E-state index in [-0.39, 0.29) is 24.0 Å². The Morgan fingerprint density at radius 1 is 1.11 bits per heavy atom. The molecule has 0 radical (unpaired) electrons. The largest absolute Gasteiger partial charge is 0.376 e. The Balaban J connectivity index is 1.51. The fourth-order valence-corrected chi connectivity index (χ4v) is 3.68. The van der Waals surface area contributed by atoms with Crippen molar-refractivity contribution in [2.24, 2.45) is 0 Å². The molecule has 2 fully saturated rings. The van der Waals surface area contributed by atoms with E-state index in [1.54, 1.807) is 12.1 Å². The molecule has 1 aliphatic carbocycles. The zero-order chi connectivity index (χ0) is 18.6. The highest BCUT2D eigenvalue weighted by Gasteiger charge is 2.35. The standard InChI is InChI=1S/C22H25FN2O2/c23-18-10-8-17(9-11-18)21(20-7-4-14-27-20)24-22(26)25(19-12-13-19)15-16-5-2-1-3-6-16/h1-3,5-6,8-11,19-21H,4,7,12-15H2,(H,24,26). The van der Waals surface area contributed by atoms with Gasteiger partial charge in [-0.1, -0.05) is 42.5 Å². The van der Waals surface area contributed by atoms with Gasteiger partial charge in [0.1, 0.15) is 5.82 Å². The van der Waals surface area contributed by atoms with Crippen molar-refractivity contribution < 1.29 is 13.9 Å². The van der Waals surface area contributed by atoms with Crippen molar-refractivity contribution in [3.8, 4) is 0 Å². The van der Waals surface area contributed by atoms with Gasteiger partial charge in [0.05, 0.1) is 12.1 Å². The molecule has 0 aromatic heterocycles. The van der Waals surface area contributed by atoms with E-state index in [2.05, 4.69) is 5.32 Å². The molecule has 1 N–H and O–H groups in total. The number of carbonyl (C=O) groups is 1. The first-order chi connectivity index (χ1) is 13.2. The summed E-state index contributed by atoms with van der Waals surface area (Å²) in [4.78, 5) is 15.0. The molecule has 0 spiro atoms. The van der Waals surface area contributed by atoms with E-state index >= 15 is 0 Å². The van der Waals surface area contributed by atoms with Gasteiger partial charge in [0.15, 0.2) is 0 Å². The SMILES string of the molecule is O=C(NC(c1ccc(F)cc1)C1CCCO1)N(Cc1ccccc1)C1CC1. The van der Waals surface area contributed by atoms with Crippen molar-refractivity contribution in [3.63, 3.8) is 0 Å². The van der Waals surface area contributed by atoms with E-state index in [0.717, 1.165) is 36.8 Å². The summed E-state index contributed by atoms with van der Waals surface area (Å²) in [6.07, 6.45) is 3.89. The summed E-state index contributed by atoms with van der Waals surface area (Å²) in [6.45, 7) is 1.30. The van der Waals surface area contributed by atoms with Crippen molar-refractivity contribution in [1.82, 2.24) is 10.2 Å². The monoisotopic (exact) mass is 368 g/mol. The molecule has 142 valence electrons. The van der Waals surface area contributed by atoms with Crippen LogP contribution in [-0.4, -0.2) is 29.7 Å². The highest BCUT2D eigenvalue weighted by Crippen LogP contribution is 2.31. The van der Waals surface area contributed by atoms with Gasteiger partial charge in [0, 0.05) is 19.2 Å². The highest BCUT2D eigenvalue weighted by molar-refractivity contribution is 5.75. The van der Waals surface area contributed by atoms with Gasteiger partial charge in [-0.15, -0.1) is 0 Å². The van der Waals surface area contributed by atoms with Crippen LogP contribution >= 0.6 is 0 Å². The molecule has 27 heavy (non-hydrogen) atoms. The second-order valence-corrected chi connectivity index (χ2v) is 7.37. The molecule has 2 amide bonds. The predicted octanol–water partition coefficient (Wildman–Crippen LogP) is 4.42. The maximum atomic E-state index is 13.3. The molecule has 2 atom stereocenters. The molecule has 2 aromatic rings. The van der Waals surface area contributed by atoms with E-state index < -0.39 is 0 Å². The molecule has 1 heterocycles. The molecular weight excluding hydrogens is 343 g/mol. The summed E-state index contributed by atoms with van der Waals surface area (Å²) in [5.41, 5.74) is 2.00. The Morgan fingerprint density at radius 3 is 2.48 bits per heavy atom. The number of hydrogen-bond acceptors (Lipinski definition) is 2. The summed E-state index contributed by atoms with van der Waals surface area (Å²) in [7, 11) is 0. The summed E-state index contributed by atoms with van der Waals surface area (Å²) in [5, 5.41) is 3.18. The van der Waals surface area contributed by atoms with Crippen LogP contribution in [-0.2, 0) is 11.3 Å². The molecule has 1 saturated carbocycles. The second-order valence-electron chi connectivity index (χ2n) is 7.37. The van der Waals surface area contributed by atoms with Crippen LogP contribution in [0.1, 0.15) is 42.9 Å². The lowest BCUT2D eigenvalue weighted by molar-refractivity contribution is 0.0774. The zero-order valence-electron chi connectivity index (χ0n) is 15.3. The summed E-state index contributed by atoms with van der Waals surface area (Å²) in [6, 6.07) is 16.3. The van der Waals surface area contributed by atoms with E-state index in [4.69, 9.17) is 4.74 Å². The Kier molecular flexibility index (Phi) is 5.39. The first-order valence-electron chi connectivity index (χ1n) is 9.69. The van der Waals surface area contributed by atoms with Gasteiger partial charge >= 0.3 is 6.03 Å². The molecule has 2 aromatic carbocycles. The number of rotatable bonds is 6. The number of nitrogens with zero attached hydrogens (tertiary/aromatic N) is 1. The number of amides is 2. The topological polar surface area (TPSA) is 41.6 Å². The maximum absolute atomic E-state index is 13.3. The Labute approximate surface area is 159 Å². The van der Waals surface area contributed by atoms with Gasteiger partial charge in [0.25, 0.3) is 0 Å². The van der Waals surface area contributed by atoms with Gasteiger partial charge < -0.3 is 15.0 Å². The quantitative estimate of drug-likeness (QED) is 0.820. The Morgan fingerprint density at radius 2 is 1.85 bits per heavy atom. The third-order valence-corrected chi connectivity index (χ3v) is 5.29. The van der Waals surface area contributed by atoms with Crippen LogP contribution in [0.3, 0.4) is 0 Å². The van der Waals surface area contributed by atoms with Crippen molar-refractivity contribution in [3.05, 3.63) is 71.5 Å². The molecule has 1 aliphatic heterocycles. The number of urea groups is 1. The average molecular weight is 368 g/mol. The molecule has 4 rings (SSSR count). The smallest absolute Gasteiger partial charge is 0.318 e. The number of carbonyl (C=O) groups excluding carboxylic acids is 1. The highest BCUT2D eigenvalue weighted by atomic mass is 19.1. The lowest BCUT2D eigenvalue weighted by atomic mass is 9.99. The van der Waals surface area contributed by atoms with Crippen LogP contribution in [0.2, 0.25) is 0 Å². The minimum atomic E-state index is -0.278. The molecule has 1 saturated heterocycles. The lowest BCUT2D eigenvalue weighted by Gasteiger charge is -2.29. The maximum Gasteiger partial charge on any atom is 0.318 e. The minimum Gasteiger partial charge on any atom is -0.376 e. The summed E-state index contributed by atoms with van der Waals surface area (Å²) < 4.78 is 19.2. The second kappa shape index (κ2) is 8.09. The molecular formula is C22H25FN2O2. The van der Waals surface area contributed by atoms with E-state index in [1.165, 1.54) is 12.1 Å². The van der Waals surface area contributed by atoms with Gasteiger partial charge in [-0.05, 0) is 48.9 Å². The number of halogens is 1. The molecule has 5 heteroatoms. The number of benzene rings is 2. The predicted molar refractivity (Wildman–Crippen MR) is 102 cm³/mol. The number of nitrogens with one attached hydrogen (secondary N) is 1. The fraction of sp³-hybridized carbons (Fsp3) is 0.409. The molecule has 2 unspecified atom stereocenters. The minimum absolute atomic E-state index is 0.0720. The molecule has 0 bridgehead atoms. The van der Waals surface area contributed by atoms with Crippen molar-refractivity contribution in [2.45, 2.75) is 50.4 Å². The van der Waals surface area contributed by atoms with Gasteiger partial charge in [-0.25, -0.2) is 9.18 Å². The first-order valence-corrected chi connectivity index (χ1v) is 9.69. The molecule has 4 nitrogen and oxygen atoms in total. The van der Waals surface area contributed by atoms with Gasteiger partial charge in [0.2, 0.25) is 0 Å². The van der Waals surface area contributed by atoms with Crippen LogP contribution in [0.15, 0.2) is 54.6 Å². The van der Waals surface area contributed by atoms with Crippen molar-refractivity contribution >= 4 is 6.03 Å². The first kappa shape index (κ1) is 18.0. The lowest BCUT2D eigenvalue weighted by Crippen LogP contribution is -2.45. The van der Waals surface area contributed by atoms with Crippen LogP contribution < -0.4 is 5.32 Å². The van der Waals surface area contributed by atoms with Crippen LogP contribution in [0.4, 0.5) is 9.18 Å². The average Bonchev–Trinajstić information content (AvgIpc) is 3.39. The van der Waals surface area contributed by atoms with Crippen molar-refractivity contribution in [1.29, 1.82) is 0 Å². The summed E-state index contributed by atoms with van der Waals surface area (Å²) >= 11 is 0. The zero-order valence-corrected chi connectivity index (χ0v) is 15.3.